The smallest absolute Gasteiger partial charge is 0.416 e. The molecule has 0 unspecified atom stereocenters. The van der Waals surface area contributed by atoms with Crippen molar-refractivity contribution in [2.24, 2.45) is 0 Å². The normalized spacial score (nSPS) is 16.4. The lowest BCUT2D eigenvalue weighted by Crippen LogP contribution is -2.26. The molecule has 0 spiro atoms. The van der Waals surface area contributed by atoms with Crippen LogP contribution in [0.3, 0.4) is 0 Å². The van der Waals surface area contributed by atoms with E-state index in [9.17, 15) is 22.8 Å². The van der Waals surface area contributed by atoms with Crippen LogP contribution in [-0.4, -0.2) is 18.1 Å². The zero-order valence-corrected chi connectivity index (χ0v) is 16.9. The molecule has 0 radical (unpaired) electrons. The quantitative estimate of drug-likeness (QED) is 0.692. The number of cyclic esters (lactones) is 1. The summed E-state index contributed by atoms with van der Waals surface area (Å²) in [6.45, 7) is 4.97. The molecule has 2 aromatic carbocycles. The average Bonchev–Trinajstić information content (AvgIpc) is 2.96. The van der Waals surface area contributed by atoms with E-state index in [0.717, 1.165) is 23.6 Å². The highest BCUT2D eigenvalue weighted by Gasteiger charge is 2.34. The van der Waals surface area contributed by atoms with Crippen molar-refractivity contribution in [3.63, 3.8) is 0 Å². The summed E-state index contributed by atoms with van der Waals surface area (Å²) < 4.78 is 50.1. The Bertz CT molecular complexity index is 985. The highest BCUT2D eigenvalue weighted by Crippen LogP contribution is 2.37. The first-order chi connectivity index (χ1) is 14.1. The molecule has 3 rings (SSSR count). The van der Waals surface area contributed by atoms with E-state index in [1.54, 1.807) is 25.1 Å². The van der Waals surface area contributed by atoms with Gasteiger partial charge in [0.15, 0.2) is 6.10 Å². The van der Waals surface area contributed by atoms with E-state index in [1.807, 2.05) is 6.92 Å². The minimum atomic E-state index is -4.42. The summed E-state index contributed by atoms with van der Waals surface area (Å²) in [6.07, 6.45) is -4.26. The first-order valence-electron chi connectivity index (χ1n) is 9.58. The third-order valence-corrected chi connectivity index (χ3v) is 4.92. The monoisotopic (exact) mass is 421 g/mol. The molecule has 0 aliphatic carbocycles. The lowest BCUT2D eigenvalue weighted by Gasteiger charge is -2.17. The second kappa shape index (κ2) is 8.38. The van der Waals surface area contributed by atoms with Gasteiger partial charge < -0.3 is 9.47 Å². The van der Waals surface area contributed by atoms with E-state index in [-0.39, 0.29) is 12.0 Å². The topological polar surface area (TPSA) is 64.6 Å². The molecule has 160 valence electrons. The minimum absolute atomic E-state index is 0.0857. The van der Waals surface area contributed by atoms with Crippen LogP contribution in [0.25, 0.3) is 0 Å². The van der Waals surface area contributed by atoms with Gasteiger partial charge in [0.25, 0.3) is 5.91 Å². The molecule has 1 saturated heterocycles. The van der Waals surface area contributed by atoms with Gasteiger partial charge in [-0.3, -0.25) is 10.1 Å². The Labute approximate surface area is 172 Å². The number of alkyl carbamates (subject to hydrolysis) is 1. The molecule has 0 bridgehead atoms. The SMILES string of the molecule is CCCc1cc(Oc2cc(C)c(C(F)(F)F)cc2C)ccc1C[C@H]1OC(=O)NC1=O. The molecule has 0 aromatic heterocycles. The number of carbonyl (C=O) groups excluding carboxylic acids is 2. The molecule has 1 fully saturated rings. The fourth-order valence-electron chi connectivity index (χ4n) is 3.43. The Balaban J connectivity index is 1.85. The molecule has 8 heteroatoms. The van der Waals surface area contributed by atoms with Crippen molar-refractivity contribution < 1.29 is 32.2 Å². The molecule has 5 nitrogen and oxygen atoms in total. The van der Waals surface area contributed by atoms with Gasteiger partial charge in [0.2, 0.25) is 0 Å². The van der Waals surface area contributed by atoms with Gasteiger partial charge in [-0.25, -0.2) is 4.79 Å². The third kappa shape index (κ3) is 4.75. The number of nitrogens with one attached hydrogen (secondary N) is 1. The molecule has 1 N–H and O–H groups in total. The van der Waals surface area contributed by atoms with E-state index in [2.05, 4.69) is 5.32 Å². The maximum atomic E-state index is 13.1. The van der Waals surface area contributed by atoms with Crippen LogP contribution in [0.4, 0.5) is 18.0 Å². The number of benzene rings is 2. The number of amides is 2. The highest BCUT2D eigenvalue weighted by atomic mass is 19.4. The summed E-state index contributed by atoms with van der Waals surface area (Å²) >= 11 is 0. The molecule has 1 heterocycles. The van der Waals surface area contributed by atoms with E-state index < -0.39 is 29.8 Å². The number of alkyl halides is 3. The molecule has 2 amide bonds. The number of carbonyl (C=O) groups is 2. The van der Waals surface area contributed by atoms with Gasteiger partial charge in [-0.1, -0.05) is 19.4 Å². The summed E-state index contributed by atoms with van der Waals surface area (Å²) in [7, 11) is 0. The zero-order chi connectivity index (χ0) is 22.1. The number of imide groups is 1. The molecule has 1 aliphatic heterocycles. The minimum Gasteiger partial charge on any atom is -0.457 e. The van der Waals surface area contributed by atoms with Crippen molar-refractivity contribution in [3.05, 3.63) is 58.1 Å². The summed E-state index contributed by atoms with van der Waals surface area (Å²) in [5.41, 5.74) is 1.55. The van der Waals surface area contributed by atoms with Crippen LogP contribution < -0.4 is 10.1 Å². The first-order valence-corrected chi connectivity index (χ1v) is 9.58. The van der Waals surface area contributed by atoms with Crippen molar-refractivity contribution in [1.29, 1.82) is 0 Å². The van der Waals surface area contributed by atoms with Crippen molar-refractivity contribution in [2.75, 3.05) is 0 Å². The summed E-state index contributed by atoms with van der Waals surface area (Å²) in [6, 6.07) is 7.74. The van der Waals surface area contributed by atoms with Crippen LogP contribution in [0.1, 0.15) is 41.2 Å². The largest absolute Gasteiger partial charge is 0.457 e. The van der Waals surface area contributed by atoms with E-state index in [0.29, 0.717) is 23.5 Å². The predicted octanol–water partition coefficient (Wildman–Crippen LogP) is 5.24. The molecular weight excluding hydrogens is 399 g/mol. The highest BCUT2D eigenvalue weighted by molar-refractivity contribution is 6.00. The van der Waals surface area contributed by atoms with Crippen molar-refractivity contribution >= 4 is 12.0 Å². The summed E-state index contributed by atoms with van der Waals surface area (Å²) in [5.74, 6) is 0.357. The van der Waals surface area contributed by atoms with E-state index in [1.165, 1.54) is 13.0 Å². The van der Waals surface area contributed by atoms with Gasteiger partial charge in [0.05, 0.1) is 5.56 Å². The molecule has 2 aromatic rings. The Kier molecular flexibility index (Phi) is 6.05. The van der Waals surface area contributed by atoms with Gasteiger partial charge in [-0.2, -0.15) is 13.2 Å². The number of rotatable bonds is 6. The number of hydrogen-bond donors (Lipinski definition) is 1. The van der Waals surface area contributed by atoms with Gasteiger partial charge in [0, 0.05) is 6.42 Å². The number of aryl methyl sites for hydroxylation is 3. The third-order valence-electron chi connectivity index (χ3n) is 4.92. The van der Waals surface area contributed by atoms with Crippen LogP contribution in [-0.2, 0) is 28.5 Å². The predicted molar refractivity (Wildman–Crippen MR) is 104 cm³/mol. The number of ether oxygens (including phenoxy) is 2. The fourth-order valence-corrected chi connectivity index (χ4v) is 3.43. The van der Waals surface area contributed by atoms with Crippen molar-refractivity contribution in [2.45, 2.75) is 52.3 Å². The maximum Gasteiger partial charge on any atom is 0.416 e. The standard InChI is InChI=1S/C22H22F3NO4/c1-4-5-14-10-16(7-6-15(14)11-19-20(27)26-21(28)30-19)29-18-9-12(2)17(8-13(18)3)22(23,24)25/h6-10,19H,4-5,11H2,1-3H3,(H,26,27,28)/t19-/m1/s1. The molecular formula is C22H22F3NO4. The Hall–Kier alpha value is -3.03. The van der Waals surface area contributed by atoms with E-state index >= 15 is 0 Å². The van der Waals surface area contributed by atoms with Crippen LogP contribution in [0.5, 0.6) is 11.5 Å². The lowest BCUT2D eigenvalue weighted by molar-refractivity contribution is -0.138. The summed E-state index contributed by atoms with van der Waals surface area (Å²) in [5, 5.41) is 2.10. The van der Waals surface area contributed by atoms with Crippen LogP contribution in [0.2, 0.25) is 0 Å². The second-order valence-electron chi connectivity index (χ2n) is 7.30. The second-order valence-corrected chi connectivity index (χ2v) is 7.30. The average molecular weight is 421 g/mol. The zero-order valence-electron chi connectivity index (χ0n) is 16.9. The van der Waals surface area contributed by atoms with Gasteiger partial charge in [0.1, 0.15) is 11.5 Å². The summed E-state index contributed by atoms with van der Waals surface area (Å²) in [4.78, 5) is 23.0. The van der Waals surface area contributed by atoms with Crippen molar-refractivity contribution in [1.82, 2.24) is 5.32 Å². The maximum absolute atomic E-state index is 13.1. The number of hydrogen-bond acceptors (Lipinski definition) is 4. The van der Waals surface area contributed by atoms with Gasteiger partial charge in [-0.15, -0.1) is 0 Å². The molecule has 0 saturated carbocycles. The fraction of sp³-hybridized carbons (Fsp3) is 0.364. The van der Waals surface area contributed by atoms with Crippen LogP contribution in [0.15, 0.2) is 30.3 Å². The molecule has 1 aliphatic rings. The van der Waals surface area contributed by atoms with Crippen molar-refractivity contribution in [3.8, 4) is 11.5 Å². The van der Waals surface area contributed by atoms with E-state index in [4.69, 9.17) is 9.47 Å². The van der Waals surface area contributed by atoms with Gasteiger partial charge in [-0.05, 0) is 66.8 Å². The Morgan fingerprint density at radius 3 is 2.40 bits per heavy atom. The molecule has 30 heavy (non-hydrogen) atoms. The van der Waals surface area contributed by atoms with Crippen LogP contribution >= 0.6 is 0 Å². The Morgan fingerprint density at radius 1 is 1.07 bits per heavy atom. The lowest BCUT2D eigenvalue weighted by atomic mass is 9.97. The van der Waals surface area contributed by atoms with Crippen LogP contribution in [0, 0.1) is 13.8 Å². The number of halogens is 3. The Morgan fingerprint density at radius 2 is 1.80 bits per heavy atom. The first kappa shape index (κ1) is 21.7. The molecule has 1 atom stereocenters. The van der Waals surface area contributed by atoms with Gasteiger partial charge >= 0.3 is 12.3 Å².